The van der Waals surface area contributed by atoms with Crippen LogP contribution in [0, 0.1) is 17.0 Å². The molecule has 24 heavy (non-hydrogen) atoms. The van der Waals surface area contributed by atoms with Crippen molar-refractivity contribution in [1.82, 2.24) is 5.32 Å². The lowest BCUT2D eigenvalue weighted by molar-refractivity contribution is -0.117. The molecule has 0 heterocycles. The molecule has 0 saturated heterocycles. The molecular weight excluding hydrogens is 316 g/mol. The molecule has 1 aliphatic rings. The summed E-state index contributed by atoms with van der Waals surface area (Å²) in [5.41, 5.74) is 0.227. The summed E-state index contributed by atoms with van der Waals surface area (Å²) in [6.45, 7) is 2.33. The fourth-order valence-electron chi connectivity index (χ4n) is 2.61. The third-order valence-electron chi connectivity index (χ3n) is 3.67. The van der Waals surface area contributed by atoms with E-state index in [1.165, 1.54) is 0 Å². The van der Waals surface area contributed by atoms with Gasteiger partial charge in [0.2, 0.25) is 5.76 Å². The van der Waals surface area contributed by atoms with Crippen molar-refractivity contribution in [3.8, 4) is 0 Å². The zero-order chi connectivity index (χ0) is 17.5. The zero-order valence-corrected chi connectivity index (χ0v) is 13.5. The van der Waals surface area contributed by atoms with Gasteiger partial charge < -0.3 is 20.8 Å². The van der Waals surface area contributed by atoms with E-state index in [1.807, 2.05) is 6.92 Å². The fourth-order valence-corrected chi connectivity index (χ4v) is 2.61. The van der Waals surface area contributed by atoms with Crippen LogP contribution in [0.3, 0.4) is 0 Å². The molecule has 1 aromatic rings. The smallest absolute Gasteiger partial charge is 0.293 e. The molecule has 1 fully saturated rings. The van der Waals surface area contributed by atoms with Crippen molar-refractivity contribution in [2.45, 2.75) is 38.7 Å². The van der Waals surface area contributed by atoms with Gasteiger partial charge >= 0.3 is 0 Å². The molecule has 3 N–H and O–H groups in total. The summed E-state index contributed by atoms with van der Waals surface area (Å²) in [7, 11) is 0. The maximum absolute atomic E-state index is 13.3. The molecule has 1 aliphatic carbocycles. The molecule has 0 unspecified atom stereocenters. The van der Waals surface area contributed by atoms with Gasteiger partial charge in [-0.25, -0.2) is 8.78 Å². The number of carbonyl (C=O) groups excluding carboxylic acids is 1. The molecule has 1 amide bonds. The number of hydrogen-bond acceptors (Lipinski definition) is 4. The summed E-state index contributed by atoms with van der Waals surface area (Å²) in [6.07, 6.45) is 4.63. The van der Waals surface area contributed by atoms with Crippen molar-refractivity contribution in [2.24, 2.45) is 0 Å². The second kappa shape index (κ2) is 8.42. The number of nitrogens with one attached hydrogen (secondary N) is 3. The Morgan fingerprint density at radius 2 is 1.92 bits per heavy atom. The summed E-state index contributed by atoms with van der Waals surface area (Å²) in [6, 6.07) is 2.76. The first kappa shape index (κ1) is 17.9. The summed E-state index contributed by atoms with van der Waals surface area (Å²) >= 11 is 0. The number of carbonyl (C=O) groups is 1. The van der Waals surface area contributed by atoms with E-state index in [-0.39, 0.29) is 23.2 Å². The summed E-state index contributed by atoms with van der Waals surface area (Å²) in [5, 5.41) is 12.8. The van der Waals surface area contributed by atoms with Gasteiger partial charge in [-0.2, -0.15) is 0 Å². The van der Waals surface area contributed by atoms with E-state index in [1.54, 1.807) is 0 Å². The van der Waals surface area contributed by atoms with Crippen LogP contribution in [0.1, 0.15) is 32.6 Å². The number of anilines is 1. The van der Waals surface area contributed by atoms with E-state index in [4.69, 9.17) is 10.1 Å². The number of hydrogen-bond donors (Lipinski definition) is 3. The third kappa shape index (κ3) is 4.78. The highest BCUT2D eigenvalue weighted by Crippen LogP contribution is 2.24. The number of ether oxygens (including phenoxy) is 1. The summed E-state index contributed by atoms with van der Waals surface area (Å²) < 4.78 is 32.3. The van der Waals surface area contributed by atoms with Crippen LogP contribution < -0.4 is 10.6 Å². The third-order valence-corrected chi connectivity index (χ3v) is 3.67. The first-order valence-electron chi connectivity index (χ1n) is 7.96. The minimum Gasteiger partial charge on any atom is -0.483 e. The van der Waals surface area contributed by atoms with Crippen LogP contribution in [-0.4, -0.2) is 24.8 Å². The molecule has 7 heteroatoms. The molecule has 5 nitrogen and oxygen atoms in total. The Hall–Kier alpha value is -2.44. The van der Waals surface area contributed by atoms with Gasteiger partial charge in [0.15, 0.2) is 0 Å². The van der Waals surface area contributed by atoms with Gasteiger partial charge in [-0.1, -0.05) is 0 Å². The van der Waals surface area contributed by atoms with Gasteiger partial charge in [0.05, 0.1) is 6.10 Å². The van der Waals surface area contributed by atoms with Crippen molar-refractivity contribution >= 4 is 17.8 Å². The fraction of sp³-hybridized carbons (Fsp3) is 0.412. The van der Waals surface area contributed by atoms with Crippen molar-refractivity contribution in [2.75, 3.05) is 11.9 Å². The van der Waals surface area contributed by atoms with Crippen molar-refractivity contribution in [3.05, 3.63) is 41.3 Å². The molecule has 1 aromatic carbocycles. The Morgan fingerprint density at radius 1 is 1.29 bits per heavy atom. The number of halogens is 2. The average Bonchev–Trinajstić information content (AvgIpc) is 3.02. The van der Waals surface area contributed by atoms with Crippen LogP contribution in [0.4, 0.5) is 14.5 Å². The predicted molar refractivity (Wildman–Crippen MR) is 87.8 cm³/mol. The van der Waals surface area contributed by atoms with E-state index in [0.717, 1.165) is 50.1 Å². The van der Waals surface area contributed by atoms with Crippen molar-refractivity contribution in [3.63, 3.8) is 0 Å². The van der Waals surface area contributed by atoms with Gasteiger partial charge in [-0.05, 0) is 44.7 Å². The van der Waals surface area contributed by atoms with Crippen LogP contribution in [0.15, 0.2) is 29.7 Å². The van der Waals surface area contributed by atoms with E-state index in [2.05, 4.69) is 10.6 Å². The van der Waals surface area contributed by atoms with Gasteiger partial charge in [0.1, 0.15) is 17.3 Å². The molecule has 0 aromatic heterocycles. The van der Waals surface area contributed by atoms with E-state index < -0.39 is 17.5 Å². The van der Waals surface area contributed by atoms with E-state index in [9.17, 15) is 13.6 Å². The van der Waals surface area contributed by atoms with Gasteiger partial charge in [0.25, 0.3) is 5.91 Å². The molecule has 2 rings (SSSR count). The van der Waals surface area contributed by atoms with Crippen molar-refractivity contribution in [1.29, 1.82) is 5.41 Å². The highest BCUT2D eigenvalue weighted by Gasteiger charge is 2.24. The van der Waals surface area contributed by atoms with Crippen LogP contribution >= 0.6 is 0 Å². The molecule has 0 radical (unpaired) electrons. The van der Waals surface area contributed by atoms with Crippen LogP contribution in [-0.2, 0) is 9.53 Å². The standard InChI is InChI=1S/C17H21F2N3O2/c1-2-21-15(10-20)16(24-14-5-3-4-6-14)17(23)22-13-8-11(18)7-12(19)9-13/h7-10,14,20-21H,2-6H2,1H3,(H,22,23)/b16-15-,20-10?. The maximum atomic E-state index is 13.3. The highest BCUT2D eigenvalue weighted by molar-refractivity contribution is 6.05. The van der Waals surface area contributed by atoms with E-state index >= 15 is 0 Å². The quantitative estimate of drug-likeness (QED) is 0.406. The summed E-state index contributed by atoms with van der Waals surface area (Å²) in [4.78, 5) is 12.5. The molecular formula is C17H21F2N3O2. The largest absolute Gasteiger partial charge is 0.483 e. The Balaban J connectivity index is 2.23. The number of amides is 1. The maximum Gasteiger partial charge on any atom is 0.293 e. The molecule has 130 valence electrons. The first-order valence-corrected chi connectivity index (χ1v) is 7.96. The SMILES string of the molecule is CCN/C(C=N)=C(\OC1CCCC1)C(=O)Nc1cc(F)cc(F)c1. The minimum atomic E-state index is -0.786. The minimum absolute atomic E-state index is 0.00847. The Kier molecular flexibility index (Phi) is 6.28. The Morgan fingerprint density at radius 3 is 2.46 bits per heavy atom. The van der Waals surface area contributed by atoms with E-state index in [0.29, 0.717) is 6.54 Å². The van der Waals surface area contributed by atoms with Crippen LogP contribution in [0.25, 0.3) is 0 Å². The normalized spacial score (nSPS) is 15.6. The molecule has 0 spiro atoms. The summed E-state index contributed by atoms with van der Waals surface area (Å²) in [5.74, 6) is -2.26. The lowest BCUT2D eigenvalue weighted by atomic mass is 10.2. The molecule has 1 saturated carbocycles. The first-order chi connectivity index (χ1) is 11.5. The lowest BCUT2D eigenvalue weighted by Gasteiger charge is -2.19. The Bertz CT molecular complexity index is 620. The number of benzene rings is 1. The average molecular weight is 337 g/mol. The number of rotatable bonds is 7. The topological polar surface area (TPSA) is 74.2 Å². The van der Waals surface area contributed by atoms with Crippen LogP contribution in [0.2, 0.25) is 0 Å². The van der Waals surface area contributed by atoms with Gasteiger partial charge in [0, 0.05) is 24.5 Å². The predicted octanol–water partition coefficient (Wildman–Crippen LogP) is 3.33. The highest BCUT2D eigenvalue weighted by atomic mass is 19.1. The lowest BCUT2D eigenvalue weighted by Crippen LogP contribution is -2.27. The second-order valence-corrected chi connectivity index (χ2v) is 5.55. The Labute approximate surface area is 139 Å². The van der Waals surface area contributed by atoms with Gasteiger partial charge in [-0.15, -0.1) is 0 Å². The molecule has 0 aliphatic heterocycles. The van der Waals surface area contributed by atoms with Crippen molar-refractivity contribution < 1.29 is 18.3 Å². The van der Waals surface area contributed by atoms with Crippen LogP contribution in [0.5, 0.6) is 0 Å². The number of allylic oxidation sites excluding steroid dienone is 1. The molecule has 0 atom stereocenters. The molecule has 0 bridgehead atoms. The zero-order valence-electron chi connectivity index (χ0n) is 13.5. The second-order valence-electron chi connectivity index (χ2n) is 5.55. The van der Waals surface area contributed by atoms with Gasteiger partial charge in [-0.3, -0.25) is 4.79 Å². The monoisotopic (exact) mass is 337 g/mol.